The predicted molar refractivity (Wildman–Crippen MR) is 74.6 cm³/mol. The summed E-state index contributed by atoms with van der Waals surface area (Å²) in [5.74, 6) is 0.111. The van der Waals surface area contributed by atoms with Crippen LogP contribution >= 0.6 is 0 Å². The average Bonchev–Trinajstić information content (AvgIpc) is 2.49. The Labute approximate surface area is 112 Å². The van der Waals surface area contributed by atoms with Crippen LogP contribution in [0.25, 0.3) is 0 Å². The number of rotatable bonds is 2. The van der Waals surface area contributed by atoms with Gasteiger partial charge in [-0.15, -0.1) is 0 Å². The molecule has 0 bridgehead atoms. The number of anilines is 2. The van der Waals surface area contributed by atoms with Gasteiger partial charge in [-0.25, -0.2) is 4.98 Å². The zero-order valence-electron chi connectivity index (χ0n) is 10.6. The third kappa shape index (κ3) is 2.45. The van der Waals surface area contributed by atoms with Crippen molar-refractivity contribution in [3.63, 3.8) is 0 Å². The molecular formula is C14H16N4O. The van der Waals surface area contributed by atoms with Gasteiger partial charge in [0.25, 0.3) is 0 Å². The molecule has 0 unspecified atom stereocenters. The van der Waals surface area contributed by atoms with Crippen LogP contribution in [0.3, 0.4) is 0 Å². The minimum Gasteiger partial charge on any atom is -0.492 e. The maximum atomic E-state index is 9.77. The molecule has 5 heteroatoms. The molecule has 19 heavy (non-hydrogen) atoms. The fourth-order valence-electron chi connectivity index (χ4n) is 2.40. The molecule has 2 aromatic rings. The van der Waals surface area contributed by atoms with Crippen LogP contribution in [-0.2, 0) is 0 Å². The maximum absolute atomic E-state index is 9.77. The minimum atomic E-state index is 0.111. The number of hydrogen-bond donors (Lipinski definition) is 1. The second kappa shape index (κ2) is 5.14. The SMILES string of the molecule is Oc1ncccc1N1CCN(c2ccncc2)CC1. The monoisotopic (exact) mass is 256 g/mol. The number of nitrogens with zero attached hydrogens (tertiary/aromatic N) is 4. The summed E-state index contributed by atoms with van der Waals surface area (Å²) in [7, 11) is 0. The molecule has 2 aromatic heterocycles. The van der Waals surface area contributed by atoms with Crippen molar-refractivity contribution in [3.8, 4) is 5.88 Å². The van der Waals surface area contributed by atoms with E-state index in [4.69, 9.17) is 0 Å². The van der Waals surface area contributed by atoms with E-state index in [2.05, 4.69) is 19.8 Å². The highest BCUT2D eigenvalue weighted by Gasteiger charge is 2.19. The van der Waals surface area contributed by atoms with Crippen molar-refractivity contribution in [2.24, 2.45) is 0 Å². The summed E-state index contributed by atoms with van der Waals surface area (Å²) in [6.45, 7) is 3.61. The van der Waals surface area contributed by atoms with Crippen LogP contribution in [0.15, 0.2) is 42.9 Å². The van der Waals surface area contributed by atoms with Crippen molar-refractivity contribution in [3.05, 3.63) is 42.9 Å². The molecule has 1 fully saturated rings. The van der Waals surface area contributed by atoms with E-state index >= 15 is 0 Å². The van der Waals surface area contributed by atoms with Gasteiger partial charge in [0, 0.05) is 50.5 Å². The first-order valence-corrected chi connectivity index (χ1v) is 6.38. The first kappa shape index (κ1) is 11.8. The van der Waals surface area contributed by atoms with E-state index in [0.29, 0.717) is 0 Å². The van der Waals surface area contributed by atoms with Gasteiger partial charge in [0.1, 0.15) is 0 Å². The summed E-state index contributed by atoms with van der Waals surface area (Å²) in [5.41, 5.74) is 2.02. The van der Waals surface area contributed by atoms with Crippen molar-refractivity contribution >= 4 is 11.4 Å². The normalized spacial score (nSPS) is 15.6. The number of aromatic hydroxyl groups is 1. The average molecular weight is 256 g/mol. The summed E-state index contributed by atoms with van der Waals surface area (Å²) < 4.78 is 0. The van der Waals surface area contributed by atoms with E-state index in [-0.39, 0.29) is 5.88 Å². The number of pyridine rings is 2. The summed E-state index contributed by atoms with van der Waals surface area (Å²) in [6.07, 6.45) is 5.23. The molecule has 1 saturated heterocycles. The molecular weight excluding hydrogens is 240 g/mol. The Balaban J connectivity index is 1.69. The smallest absolute Gasteiger partial charge is 0.235 e. The highest BCUT2D eigenvalue weighted by atomic mass is 16.3. The Bertz CT molecular complexity index is 538. The molecule has 0 aliphatic carbocycles. The van der Waals surface area contributed by atoms with Gasteiger partial charge in [0.05, 0.1) is 5.69 Å². The van der Waals surface area contributed by atoms with E-state index in [9.17, 15) is 5.11 Å². The second-order valence-corrected chi connectivity index (χ2v) is 4.53. The molecule has 0 radical (unpaired) electrons. The van der Waals surface area contributed by atoms with Gasteiger partial charge in [0.2, 0.25) is 5.88 Å². The third-order valence-corrected chi connectivity index (χ3v) is 3.41. The van der Waals surface area contributed by atoms with Crippen molar-refractivity contribution in [1.82, 2.24) is 9.97 Å². The molecule has 3 rings (SSSR count). The topological polar surface area (TPSA) is 52.5 Å². The Hall–Kier alpha value is -2.30. The van der Waals surface area contributed by atoms with Gasteiger partial charge in [-0.05, 0) is 24.3 Å². The van der Waals surface area contributed by atoms with Crippen LogP contribution in [-0.4, -0.2) is 41.3 Å². The second-order valence-electron chi connectivity index (χ2n) is 4.53. The Morgan fingerprint density at radius 1 is 0.895 bits per heavy atom. The highest BCUT2D eigenvalue weighted by Crippen LogP contribution is 2.25. The van der Waals surface area contributed by atoms with Crippen LogP contribution in [0.1, 0.15) is 0 Å². The maximum Gasteiger partial charge on any atom is 0.235 e. The zero-order valence-corrected chi connectivity index (χ0v) is 10.6. The van der Waals surface area contributed by atoms with Gasteiger partial charge in [0.15, 0.2) is 0 Å². The summed E-state index contributed by atoms with van der Waals surface area (Å²) in [4.78, 5) is 12.5. The summed E-state index contributed by atoms with van der Waals surface area (Å²) in [5, 5.41) is 9.77. The quantitative estimate of drug-likeness (QED) is 0.882. The summed E-state index contributed by atoms with van der Waals surface area (Å²) in [6, 6.07) is 7.81. The standard InChI is InChI=1S/C14H16N4O/c19-14-13(2-1-5-16-14)18-10-8-17(9-11-18)12-3-6-15-7-4-12/h1-7H,8-11H2,(H,16,19). The molecule has 98 valence electrons. The molecule has 0 saturated carbocycles. The van der Waals surface area contributed by atoms with Crippen LogP contribution in [0.5, 0.6) is 5.88 Å². The molecule has 1 aliphatic rings. The van der Waals surface area contributed by atoms with Crippen molar-refractivity contribution in [2.75, 3.05) is 36.0 Å². The molecule has 5 nitrogen and oxygen atoms in total. The molecule has 0 spiro atoms. The van der Waals surface area contributed by atoms with E-state index < -0.39 is 0 Å². The molecule has 3 heterocycles. The van der Waals surface area contributed by atoms with Gasteiger partial charge in [-0.1, -0.05) is 0 Å². The van der Waals surface area contributed by atoms with Gasteiger partial charge in [-0.2, -0.15) is 0 Å². The number of hydrogen-bond acceptors (Lipinski definition) is 5. The fraction of sp³-hybridized carbons (Fsp3) is 0.286. The van der Waals surface area contributed by atoms with E-state index in [1.807, 2.05) is 36.7 Å². The largest absolute Gasteiger partial charge is 0.492 e. The summed E-state index contributed by atoms with van der Waals surface area (Å²) >= 11 is 0. The molecule has 1 aliphatic heterocycles. The van der Waals surface area contributed by atoms with E-state index in [1.54, 1.807) is 6.20 Å². The minimum absolute atomic E-state index is 0.111. The molecule has 1 N–H and O–H groups in total. The van der Waals surface area contributed by atoms with Crippen molar-refractivity contribution in [1.29, 1.82) is 0 Å². The van der Waals surface area contributed by atoms with Crippen LogP contribution < -0.4 is 9.80 Å². The lowest BCUT2D eigenvalue weighted by atomic mass is 10.2. The highest BCUT2D eigenvalue weighted by molar-refractivity contribution is 5.56. The lowest BCUT2D eigenvalue weighted by molar-refractivity contribution is 0.451. The Morgan fingerprint density at radius 3 is 2.26 bits per heavy atom. The van der Waals surface area contributed by atoms with Crippen molar-refractivity contribution in [2.45, 2.75) is 0 Å². The lowest BCUT2D eigenvalue weighted by Gasteiger charge is -2.37. The van der Waals surface area contributed by atoms with Gasteiger partial charge >= 0.3 is 0 Å². The van der Waals surface area contributed by atoms with Crippen LogP contribution in [0.4, 0.5) is 11.4 Å². The lowest BCUT2D eigenvalue weighted by Crippen LogP contribution is -2.46. The molecule has 0 aromatic carbocycles. The first-order valence-electron chi connectivity index (χ1n) is 6.38. The number of aromatic nitrogens is 2. The van der Waals surface area contributed by atoms with Crippen molar-refractivity contribution < 1.29 is 5.11 Å². The van der Waals surface area contributed by atoms with Crippen LogP contribution in [0.2, 0.25) is 0 Å². The van der Waals surface area contributed by atoms with E-state index in [0.717, 1.165) is 31.9 Å². The Morgan fingerprint density at radius 2 is 1.58 bits per heavy atom. The van der Waals surface area contributed by atoms with E-state index in [1.165, 1.54) is 5.69 Å². The molecule has 0 atom stereocenters. The fourth-order valence-corrected chi connectivity index (χ4v) is 2.40. The van der Waals surface area contributed by atoms with Gasteiger partial charge < -0.3 is 14.9 Å². The third-order valence-electron chi connectivity index (χ3n) is 3.41. The molecule has 0 amide bonds. The van der Waals surface area contributed by atoms with Gasteiger partial charge in [-0.3, -0.25) is 4.98 Å². The number of piperazine rings is 1. The first-order chi connectivity index (χ1) is 9.34. The Kier molecular flexibility index (Phi) is 3.18. The predicted octanol–water partition coefficient (Wildman–Crippen LogP) is 1.51. The zero-order chi connectivity index (χ0) is 13.1. The van der Waals surface area contributed by atoms with Crippen LogP contribution in [0, 0.1) is 0 Å².